The first kappa shape index (κ1) is 13.7. The zero-order valence-corrected chi connectivity index (χ0v) is 9.20. The van der Waals surface area contributed by atoms with Gasteiger partial charge < -0.3 is 5.73 Å². The Hall–Kier alpha value is -2.32. The normalized spacial score (nSPS) is 10.2. The predicted octanol–water partition coefficient (Wildman–Crippen LogP) is 3.34. The summed E-state index contributed by atoms with van der Waals surface area (Å²) >= 11 is 0. The maximum absolute atomic E-state index is 12.7. The lowest BCUT2D eigenvalue weighted by molar-refractivity contribution is -0.137. The van der Waals surface area contributed by atoms with Crippen molar-refractivity contribution in [3.63, 3.8) is 0 Å². The lowest BCUT2D eigenvalue weighted by Gasteiger charge is -2.09. The largest absolute Gasteiger partial charge is 0.417 e. The van der Waals surface area contributed by atoms with Gasteiger partial charge in [-0.05, 0) is 23.7 Å². The highest BCUT2D eigenvalue weighted by molar-refractivity contribution is 5.51. The maximum Gasteiger partial charge on any atom is 0.417 e. The Labute approximate surface area is 101 Å². The molecule has 0 aromatic heterocycles. The molecule has 94 valence electrons. The molecule has 0 aliphatic carbocycles. The molecule has 0 amide bonds. The fourth-order valence-electron chi connectivity index (χ4n) is 1.21. The van der Waals surface area contributed by atoms with Crippen molar-refractivity contribution in [3.8, 4) is 11.8 Å². The van der Waals surface area contributed by atoms with Gasteiger partial charge in [-0.2, -0.15) is 13.2 Å². The van der Waals surface area contributed by atoms with E-state index in [9.17, 15) is 13.2 Å². The smallest absolute Gasteiger partial charge is 0.399 e. The molecular weight excluding hydrogens is 245 g/mol. The fraction of sp³-hybridized carbons (Fsp3) is 0.273. The molecule has 0 atom stereocenters. The summed E-state index contributed by atoms with van der Waals surface area (Å²) < 4.78 is 38.0. The van der Waals surface area contributed by atoms with Crippen molar-refractivity contribution in [2.24, 2.45) is 5.11 Å². The molecule has 0 unspecified atom stereocenters. The van der Waals surface area contributed by atoms with Crippen molar-refractivity contribution in [1.82, 2.24) is 0 Å². The molecule has 1 rings (SSSR count). The minimum Gasteiger partial charge on any atom is -0.399 e. The fourth-order valence-corrected chi connectivity index (χ4v) is 1.21. The number of benzene rings is 1. The van der Waals surface area contributed by atoms with E-state index in [2.05, 4.69) is 21.9 Å². The van der Waals surface area contributed by atoms with Crippen LogP contribution in [0.25, 0.3) is 10.4 Å². The van der Waals surface area contributed by atoms with Crippen LogP contribution in [0.1, 0.15) is 17.5 Å². The molecule has 1 aromatic carbocycles. The van der Waals surface area contributed by atoms with Gasteiger partial charge in [0.25, 0.3) is 0 Å². The minimum atomic E-state index is -4.50. The van der Waals surface area contributed by atoms with Crippen LogP contribution in [0, 0.1) is 11.8 Å². The molecule has 1 aromatic rings. The van der Waals surface area contributed by atoms with Gasteiger partial charge in [0, 0.05) is 29.1 Å². The van der Waals surface area contributed by atoms with Gasteiger partial charge in [-0.1, -0.05) is 17.0 Å². The standard InChI is InChI=1S/C11H9F3N4/c12-11(13,14)10-7-9(15)5-4-8(10)3-1-2-6-17-18-16/h4-5,7H,2,6,15H2. The molecule has 0 fully saturated rings. The van der Waals surface area contributed by atoms with Crippen LogP contribution in [0.2, 0.25) is 0 Å². The molecule has 0 bridgehead atoms. The predicted molar refractivity (Wildman–Crippen MR) is 61.4 cm³/mol. The zero-order valence-electron chi connectivity index (χ0n) is 9.20. The van der Waals surface area contributed by atoms with Crippen molar-refractivity contribution in [3.05, 3.63) is 39.8 Å². The minimum absolute atomic E-state index is 0.0296. The summed E-state index contributed by atoms with van der Waals surface area (Å²) in [4.78, 5) is 2.51. The van der Waals surface area contributed by atoms with Crippen molar-refractivity contribution >= 4 is 5.69 Å². The summed E-state index contributed by atoms with van der Waals surface area (Å²) in [5.74, 6) is 4.91. The van der Waals surface area contributed by atoms with Gasteiger partial charge in [0.1, 0.15) is 0 Å². The number of halogens is 3. The molecule has 18 heavy (non-hydrogen) atoms. The highest BCUT2D eigenvalue weighted by Gasteiger charge is 2.33. The highest BCUT2D eigenvalue weighted by atomic mass is 19.4. The molecule has 0 aliphatic heterocycles. The monoisotopic (exact) mass is 254 g/mol. The first-order valence-electron chi connectivity index (χ1n) is 4.91. The quantitative estimate of drug-likeness (QED) is 0.215. The molecule has 0 aliphatic rings. The van der Waals surface area contributed by atoms with Gasteiger partial charge in [0.05, 0.1) is 5.56 Å². The van der Waals surface area contributed by atoms with E-state index >= 15 is 0 Å². The third-order valence-corrected chi connectivity index (χ3v) is 1.97. The highest BCUT2D eigenvalue weighted by Crippen LogP contribution is 2.32. The van der Waals surface area contributed by atoms with E-state index in [1.807, 2.05) is 0 Å². The summed E-state index contributed by atoms with van der Waals surface area (Å²) in [5, 5.41) is 3.22. The summed E-state index contributed by atoms with van der Waals surface area (Å²) in [6, 6.07) is 3.42. The topological polar surface area (TPSA) is 74.8 Å². The second-order valence-electron chi connectivity index (χ2n) is 3.31. The number of hydrogen-bond donors (Lipinski definition) is 1. The van der Waals surface area contributed by atoms with Crippen LogP contribution in [-0.4, -0.2) is 6.54 Å². The van der Waals surface area contributed by atoms with Crippen molar-refractivity contribution < 1.29 is 13.2 Å². The average Bonchev–Trinajstić information content (AvgIpc) is 2.29. The van der Waals surface area contributed by atoms with Gasteiger partial charge in [0.15, 0.2) is 0 Å². The van der Waals surface area contributed by atoms with E-state index in [1.54, 1.807) is 0 Å². The van der Waals surface area contributed by atoms with E-state index in [1.165, 1.54) is 12.1 Å². The van der Waals surface area contributed by atoms with E-state index < -0.39 is 11.7 Å². The summed E-state index contributed by atoms with van der Waals surface area (Å²) in [7, 11) is 0. The first-order valence-corrected chi connectivity index (χ1v) is 4.91. The van der Waals surface area contributed by atoms with E-state index in [0.29, 0.717) is 0 Å². The third kappa shape index (κ3) is 3.92. The first-order chi connectivity index (χ1) is 8.45. The van der Waals surface area contributed by atoms with Gasteiger partial charge in [-0.15, -0.1) is 0 Å². The molecule has 0 heterocycles. The van der Waals surface area contributed by atoms with Crippen LogP contribution < -0.4 is 5.73 Å². The lowest BCUT2D eigenvalue weighted by Crippen LogP contribution is -2.08. The molecule has 0 saturated carbocycles. The zero-order chi connectivity index (χ0) is 13.6. The molecule has 0 saturated heterocycles. The van der Waals surface area contributed by atoms with E-state index in [4.69, 9.17) is 11.3 Å². The van der Waals surface area contributed by atoms with E-state index in [-0.39, 0.29) is 24.2 Å². The van der Waals surface area contributed by atoms with Crippen LogP contribution in [0.15, 0.2) is 23.3 Å². The number of hydrogen-bond acceptors (Lipinski definition) is 2. The lowest BCUT2D eigenvalue weighted by atomic mass is 10.1. The second-order valence-corrected chi connectivity index (χ2v) is 3.31. The van der Waals surface area contributed by atoms with E-state index in [0.717, 1.165) is 6.07 Å². The number of alkyl halides is 3. The van der Waals surface area contributed by atoms with Gasteiger partial charge >= 0.3 is 6.18 Å². The molecule has 4 nitrogen and oxygen atoms in total. The Morgan fingerprint density at radius 1 is 1.39 bits per heavy atom. The van der Waals surface area contributed by atoms with Crippen LogP contribution in [0.3, 0.4) is 0 Å². The van der Waals surface area contributed by atoms with Crippen LogP contribution in [0.5, 0.6) is 0 Å². The summed E-state index contributed by atoms with van der Waals surface area (Å²) in [5.41, 5.74) is 12.4. The number of nitrogen functional groups attached to an aromatic ring is 1. The number of nitrogens with zero attached hydrogens (tertiary/aromatic N) is 3. The van der Waals surface area contributed by atoms with Crippen LogP contribution >= 0.6 is 0 Å². The Morgan fingerprint density at radius 3 is 2.72 bits per heavy atom. The molecule has 0 spiro atoms. The Kier molecular flexibility index (Phi) is 4.46. The summed E-state index contributed by atoms with van der Waals surface area (Å²) in [6.07, 6.45) is -4.30. The summed E-state index contributed by atoms with van der Waals surface area (Å²) in [6.45, 7) is 0.125. The van der Waals surface area contributed by atoms with Crippen molar-refractivity contribution in [2.75, 3.05) is 12.3 Å². The molecule has 7 heteroatoms. The van der Waals surface area contributed by atoms with Gasteiger partial charge in [-0.25, -0.2) is 0 Å². The number of nitrogens with two attached hydrogens (primary N) is 1. The van der Waals surface area contributed by atoms with Gasteiger partial charge in [0.2, 0.25) is 0 Å². The number of azide groups is 1. The molecular formula is C11H9F3N4. The Bertz CT molecular complexity index is 533. The van der Waals surface area contributed by atoms with Crippen LogP contribution in [-0.2, 0) is 6.18 Å². The second kappa shape index (κ2) is 5.84. The third-order valence-electron chi connectivity index (χ3n) is 1.97. The van der Waals surface area contributed by atoms with Crippen molar-refractivity contribution in [2.45, 2.75) is 12.6 Å². The Morgan fingerprint density at radius 2 is 2.11 bits per heavy atom. The molecule has 2 N–H and O–H groups in total. The average molecular weight is 254 g/mol. The number of anilines is 1. The van der Waals surface area contributed by atoms with Crippen LogP contribution in [0.4, 0.5) is 18.9 Å². The number of rotatable bonds is 2. The van der Waals surface area contributed by atoms with Gasteiger partial charge in [-0.3, -0.25) is 0 Å². The SMILES string of the molecule is [N-]=[N+]=NCCC#Cc1ccc(N)cc1C(F)(F)F. The molecule has 0 radical (unpaired) electrons. The van der Waals surface area contributed by atoms with Crippen molar-refractivity contribution in [1.29, 1.82) is 0 Å². The Balaban J connectivity index is 2.98. The maximum atomic E-state index is 12.7.